The largest absolute Gasteiger partial charge is 0.392 e. The van der Waals surface area contributed by atoms with Gasteiger partial charge in [0.1, 0.15) is 5.82 Å². The summed E-state index contributed by atoms with van der Waals surface area (Å²) in [4.78, 5) is 2.09. The Bertz CT molecular complexity index is 351. The first-order valence-corrected chi connectivity index (χ1v) is 6.68. The molecule has 0 amide bonds. The number of thioether (sulfide) groups is 1. The SMILES string of the molecule is OCc1ccc(N2CCCSCC2)c(F)c1. The number of rotatable bonds is 2. The fraction of sp³-hybridized carbons (Fsp3) is 0.500. The van der Waals surface area contributed by atoms with E-state index >= 15 is 0 Å². The summed E-state index contributed by atoms with van der Waals surface area (Å²) in [6.45, 7) is 1.72. The molecule has 0 radical (unpaired) electrons. The van der Waals surface area contributed by atoms with Crippen molar-refractivity contribution in [3.05, 3.63) is 29.6 Å². The van der Waals surface area contributed by atoms with Crippen molar-refractivity contribution in [3.63, 3.8) is 0 Å². The topological polar surface area (TPSA) is 23.5 Å². The number of nitrogens with zero attached hydrogens (tertiary/aromatic N) is 1. The van der Waals surface area contributed by atoms with Crippen LogP contribution in [0.2, 0.25) is 0 Å². The predicted octanol–water partition coefficient (Wildman–Crippen LogP) is 2.26. The molecule has 1 aliphatic rings. The normalized spacial score (nSPS) is 17.2. The number of halogens is 1. The maximum absolute atomic E-state index is 13.8. The smallest absolute Gasteiger partial charge is 0.146 e. The second-order valence-electron chi connectivity index (χ2n) is 3.90. The molecule has 4 heteroatoms. The van der Waals surface area contributed by atoms with Crippen LogP contribution in [-0.2, 0) is 6.61 Å². The number of hydrogen-bond acceptors (Lipinski definition) is 3. The van der Waals surface area contributed by atoms with E-state index in [1.807, 2.05) is 11.8 Å². The summed E-state index contributed by atoms with van der Waals surface area (Å²) >= 11 is 1.92. The minimum absolute atomic E-state index is 0.104. The third kappa shape index (κ3) is 2.68. The molecule has 1 saturated heterocycles. The van der Waals surface area contributed by atoms with Crippen molar-refractivity contribution in [1.29, 1.82) is 0 Å². The highest BCUT2D eigenvalue weighted by Gasteiger charge is 2.13. The highest BCUT2D eigenvalue weighted by atomic mass is 32.2. The minimum Gasteiger partial charge on any atom is -0.392 e. The van der Waals surface area contributed by atoms with E-state index in [2.05, 4.69) is 4.90 Å². The summed E-state index contributed by atoms with van der Waals surface area (Å²) in [5.74, 6) is 1.99. The molecule has 1 N–H and O–H groups in total. The Morgan fingerprint density at radius 3 is 2.94 bits per heavy atom. The molecule has 1 aromatic carbocycles. The number of anilines is 1. The first kappa shape index (κ1) is 11.7. The van der Waals surface area contributed by atoms with Gasteiger partial charge in [0.2, 0.25) is 0 Å². The van der Waals surface area contributed by atoms with Gasteiger partial charge in [0, 0.05) is 18.8 Å². The zero-order valence-corrected chi connectivity index (χ0v) is 9.97. The molecule has 16 heavy (non-hydrogen) atoms. The van der Waals surface area contributed by atoms with Gasteiger partial charge >= 0.3 is 0 Å². The van der Waals surface area contributed by atoms with Crippen LogP contribution in [0.15, 0.2) is 18.2 Å². The summed E-state index contributed by atoms with van der Waals surface area (Å²) in [6.07, 6.45) is 1.10. The van der Waals surface area contributed by atoms with Gasteiger partial charge in [-0.3, -0.25) is 0 Å². The van der Waals surface area contributed by atoms with Gasteiger partial charge in [0.05, 0.1) is 12.3 Å². The van der Waals surface area contributed by atoms with Gasteiger partial charge in [0.15, 0.2) is 0 Å². The van der Waals surface area contributed by atoms with Crippen molar-refractivity contribution in [3.8, 4) is 0 Å². The number of hydrogen-bond donors (Lipinski definition) is 1. The van der Waals surface area contributed by atoms with Crippen molar-refractivity contribution < 1.29 is 9.50 Å². The molecule has 0 saturated carbocycles. The standard InChI is InChI=1S/C12H16FNOS/c13-11-8-10(9-15)2-3-12(11)14-4-1-6-16-7-5-14/h2-3,8,15H,1,4-7,9H2. The molecule has 1 heterocycles. The fourth-order valence-electron chi connectivity index (χ4n) is 1.89. The lowest BCUT2D eigenvalue weighted by atomic mass is 10.2. The van der Waals surface area contributed by atoms with Crippen LogP contribution in [0.5, 0.6) is 0 Å². The van der Waals surface area contributed by atoms with Crippen LogP contribution in [0.25, 0.3) is 0 Å². The van der Waals surface area contributed by atoms with Crippen LogP contribution in [0.3, 0.4) is 0 Å². The van der Waals surface area contributed by atoms with Gasteiger partial charge in [0.25, 0.3) is 0 Å². The molecular formula is C12H16FNOS. The zero-order chi connectivity index (χ0) is 11.4. The van der Waals surface area contributed by atoms with Gasteiger partial charge in [-0.2, -0.15) is 11.8 Å². The Labute approximate surface area is 99.5 Å². The second-order valence-corrected chi connectivity index (χ2v) is 5.12. The van der Waals surface area contributed by atoms with Crippen molar-refractivity contribution in [1.82, 2.24) is 0 Å². The average molecular weight is 241 g/mol. The lowest BCUT2D eigenvalue weighted by Crippen LogP contribution is -2.26. The van der Waals surface area contributed by atoms with Crippen LogP contribution in [0.1, 0.15) is 12.0 Å². The van der Waals surface area contributed by atoms with E-state index in [1.54, 1.807) is 12.1 Å². The lowest BCUT2D eigenvalue weighted by molar-refractivity contribution is 0.281. The Morgan fingerprint density at radius 2 is 2.19 bits per heavy atom. The van der Waals surface area contributed by atoms with Gasteiger partial charge in [-0.25, -0.2) is 4.39 Å². The molecule has 2 nitrogen and oxygen atoms in total. The third-order valence-corrected chi connectivity index (χ3v) is 3.81. The lowest BCUT2D eigenvalue weighted by Gasteiger charge is -2.23. The Morgan fingerprint density at radius 1 is 1.31 bits per heavy atom. The van der Waals surface area contributed by atoms with Crippen LogP contribution < -0.4 is 4.90 Å². The van der Waals surface area contributed by atoms with Crippen LogP contribution in [-0.4, -0.2) is 29.7 Å². The number of benzene rings is 1. The van der Waals surface area contributed by atoms with E-state index in [0.717, 1.165) is 31.0 Å². The first-order chi connectivity index (χ1) is 7.81. The van der Waals surface area contributed by atoms with E-state index < -0.39 is 0 Å². The zero-order valence-electron chi connectivity index (χ0n) is 9.16. The Kier molecular flexibility index (Phi) is 4.07. The molecule has 0 aliphatic carbocycles. The maximum Gasteiger partial charge on any atom is 0.146 e. The summed E-state index contributed by atoms with van der Waals surface area (Å²) < 4.78 is 13.8. The average Bonchev–Trinajstić information content (AvgIpc) is 2.57. The van der Waals surface area contributed by atoms with Gasteiger partial charge in [-0.05, 0) is 29.9 Å². The van der Waals surface area contributed by atoms with Crippen LogP contribution in [0.4, 0.5) is 10.1 Å². The minimum atomic E-state index is -0.224. The molecule has 1 aliphatic heterocycles. The second kappa shape index (κ2) is 5.55. The highest BCUT2D eigenvalue weighted by Crippen LogP contribution is 2.23. The molecule has 1 fully saturated rings. The maximum atomic E-state index is 13.8. The molecular weight excluding hydrogens is 225 g/mol. The van der Waals surface area contributed by atoms with Gasteiger partial charge < -0.3 is 10.0 Å². The van der Waals surface area contributed by atoms with E-state index in [4.69, 9.17) is 5.11 Å². The quantitative estimate of drug-likeness (QED) is 0.859. The third-order valence-electron chi connectivity index (χ3n) is 2.76. The van der Waals surface area contributed by atoms with Crippen molar-refractivity contribution in [2.45, 2.75) is 13.0 Å². The monoisotopic (exact) mass is 241 g/mol. The molecule has 1 aromatic rings. The molecule has 88 valence electrons. The predicted molar refractivity (Wildman–Crippen MR) is 66.5 cm³/mol. The molecule has 2 rings (SSSR count). The van der Waals surface area contributed by atoms with E-state index in [0.29, 0.717) is 11.3 Å². The number of aliphatic hydroxyl groups excluding tert-OH is 1. The highest BCUT2D eigenvalue weighted by molar-refractivity contribution is 7.99. The van der Waals surface area contributed by atoms with Crippen LogP contribution >= 0.6 is 11.8 Å². The van der Waals surface area contributed by atoms with E-state index in [9.17, 15) is 4.39 Å². The van der Waals surface area contributed by atoms with E-state index in [-0.39, 0.29) is 12.4 Å². The summed E-state index contributed by atoms with van der Waals surface area (Å²) in [7, 11) is 0. The number of aliphatic hydroxyl groups is 1. The summed E-state index contributed by atoms with van der Waals surface area (Å²) in [5, 5.41) is 8.92. The van der Waals surface area contributed by atoms with Crippen molar-refractivity contribution >= 4 is 17.4 Å². The van der Waals surface area contributed by atoms with E-state index in [1.165, 1.54) is 6.07 Å². The Hall–Kier alpha value is -0.740. The summed E-state index contributed by atoms with van der Waals surface area (Å²) in [5.41, 5.74) is 1.30. The summed E-state index contributed by atoms with van der Waals surface area (Å²) in [6, 6.07) is 4.99. The molecule has 0 atom stereocenters. The van der Waals surface area contributed by atoms with Crippen LogP contribution in [0, 0.1) is 5.82 Å². The molecule has 0 spiro atoms. The molecule has 0 bridgehead atoms. The van der Waals surface area contributed by atoms with Crippen molar-refractivity contribution in [2.75, 3.05) is 29.5 Å². The molecule has 0 aromatic heterocycles. The van der Waals surface area contributed by atoms with Gasteiger partial charge in [-0.1, -0.05) is 6.07 Å². The molecule has 0 unspecified atom stereocenters. The Balaban J connectivity index is 2.18. The van der Waals surface area contributed by atoms with Crippen molar-refractivity contribution in [2.24, 2.45) is 0 Å². The van der Waals surface area contributed by atoms with Gasteiger partial charge in [-0.15, -0.1) is 0 Å². The fourth-order valence-corrected chi connectivity index (χ4v) is 2.78. The first-order valence-electron chi connectivity index (χ1n) is 5.53.